The Kier molecular flexibility index (Phi) is 8.76. The molecule has 0 spiro atoms. The Labute approximate surface area is 181 Å². The lowest BCUT2D eigenvalue weighted by molar-refractivity contribution is -0.118. The summed E-state index contributed by atoms with van der Waals surface area (Å²) in [5, 5.41) is 0. The summed E-state index contributed by atoms with van der Waals surface area (Å²) in [5.74, 6) is 1.82. The molecular formula is C26H36N2O2. The van der Waals surface area contributed by atoms with Crippen LogP contribution in [0.15, 0.2) is 54.6 Å². The summed E-state index contributed by atoms with van der Waals surface area (Å²) < 4.78 is 5.23. The standard InChI is InChI=1S/C26H36N2O2/c1-3-26(29)28(24-11-13-25(30-2)14-12-24)18-8-7-17-27-19-15-23(16-20-27)21-22-9-5-4-6-10-22/h4-6,9-14,23H,3,7-8,15-21H2,1-2H3. The van der Waals surface area contributed by atoms with Gasteiger partial charge in [-0.3, -0.25) is 4.79 Å². The van der Waals surface area contributed by atoms with E-state index in [4.69, 9.17) is 4.74 Å². The molecule has 0 radical (unpaired) electrons. The molecule has 30 heavy (non-hydrogen) atoms. The molecule has 0 aliphatic carbocycles. The highest BCUT2D eigenvalue weighted by Gasteiger charge is 2.19. The van der Waals surface area contributed by atoms with Gasteiger partial charge < -0.3 is 14.5 Å². The highest BCUT2D eigenvalue weighted by Crippen LogP contribution is 2.23. The summed E-state index contributed by atoms with van der Waals surface area (Å²) in [4.78, 5) is 17.0. The molecule has 2 aromatic rings. The number of unbranched alkanes of at least 4 members (excludes halogenated alkanes) is 1. The fourth-order valence-corrected chi connectivity index (χ4v) is 4.32. The fourth-order valence-electron chi connectivity index (χ4n) is 4.32. The van der Waals surface area contributed by atoms with E-state index in [0.717, 1.165) is 43.3 Å². The zero-order valence-corrected chi connectivity index (χ0v) is 18.6. The minimum atomic E-state index is 0.182. The number of rotatable bonds is 10. The first-order valence-electron chi connectivity index (χ1n) is 11.4. The summed E-state index contributed by atoms with van der Waals surface area (Å²) in [6, 6.07) is 18.7. The number of likely N-dealkylation sites (tertiary alicyclic amines) is 1. The number of methoxy groups -OCH3 is 1. The van der Waals surface area contributed by atoms with Crippen molar-refractivity contribution in [3.63, 3.8) is 0 Å². The molecule has 1 aliphatic rings. The first-order chi connectivity index (χ1) is 14.7. The molecule has 3 rings (SSSR count). The second-order valence-corrected chi connectivity index (χ2v) is 8.28. The average Bonchev–Trinajstić information content (AvgIpc) is 2.80. The Bertz CT molecular complexity index is 752. The molecule has 0 unspecified atom stereocenters. The van der Waals surface area contributed by atoms with Crippen LogP contribution in [0, 0.1) is 5.92 Å². The number of hydrogen-bond acceptors (Lipinski definition) is 3. The van der Waals surface area contributed by atoms with Gasteiger partial charge in [0.05, 0.1) is 7.11 Å². The fraction of sp³-hybridized carbons (Fsp3) is 0.500. The van der Waals surface area contributed by atoms with E-state index in [1.165, 1.54) is 37.9 Å². The Balaban J connectivity index is 1.39. The second kappa shape index (κ2) is 11.8. The van der Waals surface area contributed by atoms with Gasteiger partial charge in [-0.05, 0) is 87.5 Å². The van der Waals surface area contributed by atoms with Gasteiger partial charge in [-0.2, -0.15) is 0 Å². The third-order valence-corrected chi connectivity index (χ3v) is 6.17. The summed E-state index contributed by atoms with van der Waals surface area (Å²) >= 11 is 0. The van der Waals surface area contributed by atoms with Gasteiger partial charge in [-0.25, -0.2) is 0 Å². The number of amides is 1. The second-order valence-electron chi connectivity index (χ2n) is 8.28. The van der Waals surface area contributed by atoms with Crippen LogP contribution in [-0.4, -0.2) is 44.1 Å². The van der Waals surface area contributed by atoms with Gasteiger partial charge in [0.15, 0.2) is 0 Å². The average molecular weight is 409 g/mol. The van der Waals surface area contributed by atoms with E-state index in [0.29, 0.717) is 6.42 Å². The van der Waals surface area contributed by atoms with Gasteiger partial charge in [0.1, 0.15) is 5.75 Å². The monoisotopic (exact) mass is 408 g/mol. The van der Waals surface area contributed by atoms with Crippen LogP contribution in [0.5, 0.6) is 5.75 Å². The van der Waals surface area contributed by atoms with E-state index in [-0.39, 0.29) is 5.91 Å². The number of piperidine rings is 1. The van der Waals surface area contributed by atoms with Crippen molar-refractivity contribution in [2.75, 3.05) is 38.2 Å². The molecule has 1 saturated heterocycles. The van der Waals surface area contributed by atoms with E-state index < -0.39 is 0 Å². The van der Waals surface area contributed by atoms with Crippen LogP contribution in [0.1, 0.15) is 44.6 Å². The number of nitrogens with zero attached hydrogens (tertiary/aromatic N) is 2. The zero-order chi connectivity index (χ0) is 21.2. The number of carbonyl (C=O) groups is 1. The van der Waals surface area contributed by atoms with Gasteiger partial charge in [-0.15, -0.1) is 0 Å². The molecule has 0 saturated carbocycles. The van der Waals surface area contributed by atoms with E-state index in [1.54, 1.807) is 7.11 Å². The van der Waals surface area contributed by atoms with Crippen molar-refractivity contribution in [1.29, 1.82) is 0 Å². The first kappa shape index (κ1) is 22.4. The van der Waals surface area contributed by atoms with Crippen molar-refractivity contribution in [2.45, 2.75) is 45.4 Å². The van der Waals surface area contributed by atoms with Gasteiger partial charge in [0.2, 0.25) is 5.91 Å². The Hall–Kier alpha value is -2.33. The Morgan fingerprint density at radius 1 is 1.03 bits per heavy atom. The molecule has 1 fully saturated rings. The van der Waals surface area contributed by atoms with Crippen molar-refractivity contribution in [3.05, 3.63) is 60.2 Å². The number of hydrogen-bond donors (Lipinski definition) is 0. The smallest absolute Gasteiger partial charge is 0.226 e. The number of ether oxygens (including phenoxy) is 1. The largest absolute Gasteiger partial charge is 0.497 e. The van der Waals surface area contributed by atoms with Crippen LogP contribution in [-0.2, 0) is 11.2 Å². The minimum Gasteiger partial charge on any atom is -0.497 e. The van der Waals surface area contributed by atoms with Crippen molar-refractivity contribution in [3.8, 4) is 5.75 Å². The molecule has 2 aromatic carbocycles. The van der Waals surface area contributed by atoms with Crippen molar-refractivity contribution >= 4 is 11.6 Å². The van der Waals surface area contributed by atoms with Gasteiger partial charge in [-0.1, -0.05) is 37.3 Å². The molecular weight excluding hydrogens is 372 g/mol. The predicted octanol–water partition coefficient (Wildman–Crippen LogP) is 5.17. The lowest BCUT2D eigenvalue weighted by atomic mass is 9.90. The number of benzene rings is 2. The molecule has 162 valence electrons. The van der Waals surface area contributed by atoms with Crippen LogP contribution in [0.25, 0.3) is 0 Å². The third-order valence-electron chi connectivity index (χ3n) is 6.17. The molecule has 1 aliphatic heterocycles. The topological polar surface area (TPSA) is 32.8 Å². The summed E-state index contributed by atoms with van der Waals surface area (Å²) in [5.41, 5.74) is 2.43. The highest BCUT2D eigenvalue weighted by atomic mass is 16.5. The summed E-state index contributed by atoms with van der Waals surface area (Å²) in [6.45, 7) is 6.25. The SMILES string of the molecule is CCC(=O)N(CCCCN1CCC(Cc2ccccc2)CC1)c1ccc(OC)cc1. The number of anilines is 1. The highest BCUT2D eigenvalue weighted by molar-refractivity contribution is 5.93. The summed E-state index contributed by atoms with van der Waals surface area (Å²) in [7, 11) is 1.66. The minimum absolute atomic E-state index is 0.182. The van der Waals surface area contributed by atoms with Gasteiger partial charge in [0, 0.05) is 18.7 Å². The molecule has 0 N–H and O–H groups in total. The quantitative estimate of drug-likeness (QED) is 0.508. The Morgan fingerprint density at radius 3 is 2.37 bits per heavy atom. The Morgan fingerprint density at radius 2 is 1.73 bits per heavy atom. The van der Waals surface area contributed by atoms with E-state index in [2.05, 4.69) is 35.2 Å². The van der Waals surface area contributed by atoms with Crippen molar-refractivity contribution in [1.82, 2.24) is 4.90 Å². The van der Waals surface area contributed by atoms with E-state index in [1.807, 2.05) is 36.1 Å². The van der Waals surface area contributed by atoms with Crippen LogP contribution >= 0.6 is 0 Å². The van der Waals surface area contributed by atoms with Crippen molar-refractivity contribution < 1.29 is 9.53 Å². The lowest BCUT2D eigenvalue weighted by Gasteiger charge is -2.32. The van der Waals surface area contributed by atoms with Crippen LogP contribution in [0.4, 0.5) is 5.69 Å². The molecule has 1 heterocycles. The normalized spacial score (nSPS) is 15.1. The van der Waals surface area contributed by atoms with Gasteiger partial charge in [0.25, 0.3) is 0 Å². The molecule has 0 bridgehead atoms. The molecule has 0 aromatic heterocycles. The first-order valence-corrected chi connectivity index (χ1v) is 11.4. The molecule has 4 heteroatoms. The van der Waals surface area contributed by atoms with E-state index in [9.17, 15) is 4.79 Å². The molecule has 0 atom stereocenters. The van der Waals surface area contributed by atoms with Crippen LogP contribution < -0.4 is 9.64 Å². The maximum atomic E-state index is 12.4. The zero-order valence-electron chi connectivity index (χ0n) is 18.6. The van der Waals surface area contributed by atoms with Crippen LogP contribution in [0.2, 0.25) is 0 Å². The maximum Gasteiger partial charge on any atom is 0.226 e. The number of carbonyl (C=O) groups excluding carboxylic acids is 1. The van der Waals surface area contributed by atoms with Crippen LogP contribution in [0.3, 0.4) is 0 Å². The predicted molar refractivity (Wildman–Crippen MR) is 124 cm³/mol. The maximum absolute atomic E-state index is 12.4. The molecule has 4 nitrogen and oxygen atoms in total. The molecule has 1 amide bonds. The van der Waals surface area contributed by atoms with Crippen molar-refractivity contribution in [2.24, 2.45) is 5.92 Å². The van der Waals surface area contributed by atoms with E-state index >= 15 is 0 Å². The third kappa shape index (κ3) is 6.60. The lowest BCUT2D eigenvalue weighted by Crippen LogP contribution is -2.36. The van der Waals surface area contributed by atoms with Gasteiger partial charge >= 0.3 is 0 Å². The summed E-state index contributed by atoms with van der Waals surface area (Å²) in [6.07, 6.45) is 6.49.